The first-order valence-corrected chi connectivity index (χ1v) is 10.1. The maximum Gasteiger partial charge on any atom is 0.323 e. The van der Waals surface area contributed by atoms with Crippen LogP contribution in [0.15, 0.2) is 60.4 Å². The quantitative estimate of drug-likeness (QED) is 0.441. The molecule has 2 amide bonds. The number of fused-ring (bicyclic) bond motifs is 1. The van der Waals surface area contributed by atoms with Gasteiger partial charge in [-0.05, 0) is 24.3 Å². The van der Waals surface area contributed by atoms with Gasteiger partial charge in [-0.1, -0.05) is 12.1 Å². The maximum atomic E-state index is 12.4. The van der Waals surface area contributed by atoms with E-state index in [2.05, 4.69) is 25.6 Å². The molecular weight excluding hydrogens is 416 g/mol. The molecule has 4 N–H and O–H groups in total. The molecule has 0 radical (unpaired) electrons. The molecule has 31 heavy (non-hydrogen) atoms. The zero-order chi connectivity index (χ0) is 21.2. The lowest BCUT2D eigenvalue weighted by Crippen LogP contribution is -2.19. The summed E-state index contributed by atoms with van der Waals surface area (Å²) in [6.45, 7) is 0.181. The number of amides is 2. The van der Waals surface area contributed by atoms with Gasteiger partial charge in [-0.15, -0.1) is 11.3 Å². The number of nitrogens with two attached hydrogens (primary N) is 1. The number of benzene rings is 2. The second-order valence-electron chi connectivity index (χ2n) is 6.59. The van der Waals surface area contributed by atoms with E-state index >= 15 is 0 Å². The Morgan fingerprint density at radius 1 is 1.06 bits per heavy atom. The van der Waals surface area contributed by atoms with Crippen LogP contribution in [0.4, 0.5) is 22.0 Å². The van der Waals surface area contributed by atoms with Crippen LogP contribution in [-0.4, -0.2) is 27.8 Å². The van der Waals surface area contributed by atoms with E-state index in [1.165, 1.54) is 17.7 Å². The summed E-state index contributed by atoms with van der Waals surface area (Å²) in [6, 6.07) is 12.3. The SMILES string of the molecule is Nc1ncncc1-c1nc(-c2cccc(NC(=O)Nc3ccc4c(c3)OCO4)c2)cs1. The molecule has 0 fully saturated rings. The number of nitrogens with zero attached hydrogens (tertiary/aromatic N) is 3. The maximum absolute atomic E-state index is 12.4. The van der Waals surface area contributed by atoms with Gasteiger partial charge in [0.05, 0.1) is 11.3 Å². The van der Waals surface area contributed by atoms with Gasteiger partial charge in [0, 0.05) is 34.6 Å². The van der Waals surface area contributed by atoms with E-state index in [4.69, 9.17) is 15.2 Å². The molecule has 2 aromatic carbocycles. The van der Waals surface area contributed by atoms with Crippen molar-refractivity contribution in [3.63, 3.8) is 0 Å². The molecular formula is C21H16N6O3S. The Hall–Kier alpha value is -4.18. The fraction of sp³-hybridized carbons (Fsp3) is 0.0476. The van der Waals surface area contributed by atoms with E-state index in [0.29, 0.717) is 34.3 Å². The van der Waals surface area contributed by atoms with Crippen molar-refractivity contribution in [1.82, 2.24) is 15.0 Å². The van der Waals surface area contributed by atoms with Crippen LogP contribution in [0.1, 0.15) is 0 Å². The first-order chi connectivity index (χ1) is 15.2. The molecule has 1 aliphatic rings. The monoisotopic (exact) mass is 432 g/mol. The highest BCUT2D eigenvalue weighted by molar-refractivity contribution is 7.13. The molecule has 4 aromatic rings. The first kappa shape index (κ1) is 18.8. The van der Waals surface area contributed by atoms with Crippen LogP contribution in [0.25, 0.3) is 21.8 Å². The van der Waals surface area contributed by atoms with Crippen LogP contribution in [-0.2, 0) is 0 Å². The second kappa shape index (κ2) is 7.92. The Kier molecular flexibility index (Phi) is 4.81. The van der Waals surface area contributed by atoms with Gasteiger partial charge in [-0.3, -0.25) is 0 Å². The number of anilines is 3. The van der Waals surface area contributed by atoms with Gasteiger partial charge in [0.2, 0.25) is 6.79 Å². The highest BCUT2D eigenvalue weighted by Gasteiger charge is 2.15. The number of rotatable bonds is 4. The third-order valence-corrected chi connectivity index (χ3v) is 5.40. The summed E-state index contributed by atoms with van der Waals surface area (Å²) in [6.07, 6.45) is 3.04. The standard InChI is InChI=1S/C21H16N6O3S/c22-19-15(8-23-10-24-19)20-27-16(9-31-20)12-2-1-3-13(6-12)25-21(28)26-14-4-5-17-18(7-14)30-11-29-17/h1-10H,11H2,(H2,22,23,24)(H2,25,26,28). The summed E-state index contributed by atoms with van der Waals surface area (Å²) >= 11 is 1.45. The Labute approximate surface area is 180 Å². The molecule has 5 rings (SSSR count). The topological polar surface area (TPSA) is 124 Å². The van der Waals surface area contributed by atoms with E-state index < -0.39 is 0 Å². The number of carbonyl (C=O) groups is 1. The minimum Gasteiger partial charge on any atom is -0.454 e. The summed E-state index contributed by atoms with van der Waals surface area (Å²) < 4.78 is 10.6. The van der Waals surface area contributed by atoms with Crippen LogP contribution in [0.3, 0.4) is 0 Å². The average Bonchev–Trinajstić information content (AvgIpc) is 3.44. The lowest BCUT2D eigenvalue weighted by molar-refractivity contribution is 0.174. The number of carbonyl (C=O) groups excluding carboxylic acids is 1. The Balaban J connectivity index is 1.30. The van der Waals surface area contributed by atoms with Gasteiger partial charge in [-0.25, -0.2) is 19.7 Å². The van der Waals surface area contributed by atoms with Gasteiger partial charge in [0.25, 0.3) is 0 Å². The third kappa shape index (κ3) is 3.96. The molecule has 0 saturated carbocycles. The highest BCUT2D eigenvalue weighted by Crippen LogP contribution is 2.34. The molecule has 154 valence electrons. The summed E-state index contributed by atoms with van der Waals surface area (Å²) in [4.78, 5) is 25.1. The number of ether oxygens (including phenoxy) is 2. The molecule has 0 aliphatic carbocycles. The number of hydrogen-bond donors (Lipinski definition) is 3. The van der Waals surface area contributed by atoms with Gasteiger partial charge in [0.15, 0.2) is 11.5 Å². The number of thiazole rings is 1. The zero-order valence-corrected chi connectivity index (χ0v) is 16.8. The number of nitrogens with one attached hydrogen (secondary N) is 2. The smallest absolute Gasteiger partial charge is 0.323 e. The van der Waals surface area contributed by atoms with Gasteiger partial charge in [0.1, 0.15) is 17.2 Å². The van der Waals surface area contributed by atoms with E-state index in [1.54, 1.807) is 30.5 Å². The zero-order valence-electron chi connectivity index (χ0n) is 16.0. The Morgan fingerprint density at radius 3 is 2.77 bits per heavy atom. The van der Waals surface area contributed by atoms with Crippen LogP contribution in [0.2, 0.25) is 0 Å². The molecule has 0 spiro atoms. The number of urea groups is 1. The summed E-state index contributed by atoms with van der Waals surface area (Å²) in [5.74, 6) is 1.64. The summed E-state index contributed by atoms with van der Waals surface area (Å²) in [5, 5.41) is 8.27. The van der Waals surface area contributed by atoms with E-state index in [0.717, 1.165) is 16.3 Å². The van der Waals surface area contributed by atoms with Gasteiger partial charge >= 0.3 is 6.03 Å². The van der Waals surface area contributed by atoms with Crippen molar-refractivity contribution in [2.24, 2.45) is 0 Å². The molecule has 10 heteroatoms. The molecule has 0 atom stereocenters. The van der Waals surface area contributed by atoms with Gasteiger partial charge < -0.3 is 25.8 Å². The lowest BCUT2D eigenvalue weighted by Gasteiger charge is -2.09. The minimum atomic E-state index is -0.371. The van der Waals surface area contributed by atoms with E-state index in [9.17, 15) is 4.79 Å². The largest absolute Gasteiger partial charge is 0.454 e. The van der Waals surface area contributed by atoms with Crippen molar-refractivity contribution in [2.75, 3.05) is 23.2 Å². The Bertz CT molecular complexity index is 1280. The van der Waals surface area contributed by atoms with Crippen molar-refractivity contribution >= 4 is 34.6 Å². The van der Waals surface area contributed by atoms with Crippen LogP contribution >= 0.6 is 11.3 Å². The molecule has 9 nitrogen and oxygen atoms in total. The van der Waals surface area contributed by atoms with Crippen molar-refractivity contribution in [3.8, 4) is 33.3 Å². The van der Waals surface area contributed by atoms with Crippen molar-refractivity contribution in [1.29, 1.82) is 0 Å². The molecule has 1 aliphatic heterocycles. The van der Waals surface area contributed by atoms with Crippen LogP contribution < -0.4 is 25.8 Å². The van der Waals surface area contributed by atoms with Gasteiger partial charge in [-0.2, -0.15) is 0 Å². The predicted octanol–water partition coefficient (Wildman–Crippen LogP) is 4.22. The number of nitrogen functional groups attached to an aromatic ring is 1. The van der Waals surface area contributed by atoms with Crippen LogP contribution in [0, 0.1) is 0 Å². The molecule has 2 aromatic heterocycles. The van der Waals surface area contributed by atoms with E-state index in [1.807, 2.05) is 23.6 Å². The number of hydrogen-bond acceptors (Lipinski definition) is 8. The van der Waals surface area contributed by atoms with E-state index in [-0.39, 0.29) is 12.8 Å². The fourth-order valence-electron chi connectivity index (χ4n) is 3.06. The van der Waals surface area contributed by atoms with Crippen molar-refractivity contribution in [3.05, 3.63) is 60.4 Å². The lowest BCUT2D eigenvalue weighted by atomic mass is 10.1. The Morgan fingerprint density at radius 2 is 1.90 bits per heavy atom. The fourth-order valence-corrected chi connectivity index (χ4v) is 3.91. The molecule has 0 saturated heterocycles. The predicted molar refractivity (Wildman–Crippen MR) is 118 cm³/mol. The van der Waals surface area contributed by atoms with Crippen LogP contribution in [0.5, 0.6) is 11.5 Å². The average molecular weight is 432 g/mol. The highest BCUT2D eigenvalue weighted by atomic mass is 32.1. The molecule has 0 unspecified atom stereocenters. The third-order valence-electron chi connectivity index (χ3n) is 4.52. The summed E-state index contributed by atoms with van der Waals surface area (Å²) in [7, 11) is 0. The number of aromatic nitrogens is 3. The molecule has 3 heterocycles. The summed E-state index contributed by atoms with van der Waals surface area (Å²) in [5.41, 5.74) is 9.47. The second-order valence-corrected chi connectivity index (χ2v) is 7.45. The van der Waals surface area contributed by atoms with Crippen molar-refractivity contribution < 1.29 is 14.3 Å². The normalized spacial score (nSPS) is 11.9. The minimum absolute atomic E-state index is 0.181. The van der Waals surface area contributed by atoms with Crippen molar-refractivity contribution in [2.45, 2.75) is 0 Å². The molecule has 0 bridgehead atoms. The first-order valence-electron chi connectivity index (χ1n) is 9.25.